The van der Waals surface area contributed by atoms with Gasteiger partial charge in [0, 0.05) is 0 Å². The molecule has 11 heteroatoms. The van der Waals surface area contributed by atoms with Crippen molar-refractivity contribution in [1.82, 2.24) is 0 Å². The van der Waals surface area contributed by atoms with Crippen molar-refractivity contribution >= 4 is 0 Å². The molecule has 0 N–H and O–H groups in total. The predicted molar refractivity (Wildman–Crippen MR) is 3.83 cm³/mol. The minimum atomic E-state index is -6.07. The van der Waals surface area contributed by atoms with Crippen molar-refractivity contribution in [3.63, 3.8) is 0 Å². The summed E-state index contributed by atoms with van der Waals surface area (Å²) in [5, 5.41) is 0. The summed E-state index contributed by atoms with van der Waals surface area (Å²) in [6.45, 7) is 0. The second-order valence-corrected chi connectivity index (χ2v) is 4.52. The molecule has 0 rings (SSSR count). The van der Waals surface area contributed by atoms with Crippen molar-refractivity contribution in [3.8, 4) is 0 Å². The van der Waals surface area contributed by atoms with E-state index in [0.717, 1.165) is 0 Å². The van der Waals surface area contributed by atoms with Gasteiger partial charge in [-0.1, -0.05) is 0 Å². The van der Waals surface area contributed by atoms with E-state index in [0.29, 0.717) is 0 Å². The van der Waals surface area contributed by atoms with Gasteiger partial charge in [0.15, 0.2) is 0 Å². The zero-order chi connectivity index (χ0) is 7.71. The number of hydrogen-bond acceptors (Lipinski definition) is 7. The van der Waals surface area contributed by atoms with Crippen LogP contribution in [0.15, 0.2) is 0 Å². The summed E-state index contributed by atoms with van der Waals surface area (Å²) in [6, 6.07) is 0. The Morgan fingerprint density at radius 3 is 1.09 bits per heavy atom. The van der Waals surface area contributed by atoms with Gasteiger partial charge in [-0.3, -0.25) is 0 Å². The molecule has 0 saturated heterocycles. The molecule has 0 aliphatic rings. The molecule has 0 aromatic carbocycles. The molecule has 0 saturated carbocycles. The summed E-state index contributed by atoms with van der Waals surface area (Å²) >= 11 is -12.1. The quantitative estimate of drug-likeness (QED) is 0.448. The minimum absolute atomic E-state index is 0. The van der Waals surface area contributed by atoms with Gasteiger partial charge >= 0.3 is 127 Å². The number of rotatable bonds is 2. The first-order chi connectivity index (χ1) is 3.71. The Bertz CT molecular complexity index is 242. The molecule has 0 spiro atoms. The van der Waals surface area contributed by atoms with E-state index in [-0.39, 0.29) is 73.8 Å². The fourth-order valence-corrected chi connectivity index (χ4v) is 1.74. The van der Waals surface area contributed by atoms with E-state index in [2.05, 4.69) is 2.84 Å². The van der Waals surface area contributed by atoms with Crippen LogP contribution < -0.4 is 59.7 Å². The fourth-order valence-electron chi connectivity index (χ4n) is 0.102. The first-order valence-electron chi connectivity index (χ1n) is 1.33. The zero-order valence-electron chi connectivity index (χ0n) is 4.98. The van der Waals surface area contributed by atoms with E-state index in [1.54, 1.807) is 0 Å². The first kappa shape index (κ1) is 19.2. The van der Waals surface area contributed by atoms with Crippen LogP contribution in [0.25, 0.3) is 0 Å². The SMILES string of the molecule is [Ag+].[K+].[O]=[Cr](=[O])([O-])[O][Cr](=[O])(=[O])[O-]. The van der Waals surface area contributed by atoms with E-state index < -0.39 is 27.2 Å². The summed E-state index contributed by atoms with van der Waals surface area (Å²) in [5.41, 5.74) is 0. The molecule has 0 fully saturated rings. The van der Waals surface area contributed by atoms with Crippen molar-refractivity contribution in [3.05, 3.63) is 0 Å². The molecule has 0 bridgehead atoms. The van der Waals surface area contributed by atoms with Gasteiger partial charge in [0.05, 0.1) is 0 Å². The second kappa shape index (κ2) is 6.90. The molecule has 0 aromatic heterocycles. The Morgan fingerprint density at radius 2 is 1.09 bits per heavy atom. The normalized spacial score (nSPS) is 11.1. The summed E-state index contributed by atoms with van der Waals surface area (Å²) in [5.74, 6) is 0. The van der Waals surface area contributed by atoms with Gasteiger partial charge in [0.25, 0.3) is 0 Å². The molecule has 0 unspecified atom stereocenters. The van der Waals surface area contributed by atoms with Crippen molar-refractivity contribution in [2.75, 3.05) is 0 Å². The molecular weight excluding hydrogens is 363 g/mol. The van der Waals surface area contributed by atoms with E-state index in [9.17, 15) is 23.5 Å². The zero-order valence-corrected chi connectivity index (χ0v) is 12.1. The molecule has 0 amide bonds. The van der Waals surface area contributed by atoms with Crippen molar-refractivity contribution in [2.24, 2.45) is 0 Å². The predicted octanol–water partition coefficient (Wildman–Crippen LogP) is -5.93. The average Bonchev–Trinajstić information content (AvgIpc) is 1.14. The van der Waals surface area contributed by atoms with E-state index >= 15 is 0 Å². The summed E-state index contributed by atoms with van der Waals surface area (Å²) in [7, 11) is 0. The molecular formula is AgCr2KO7. The average molecular weight is 363 g/mol. The maximum atomic E-state index is 9.38. The van der Waals surface area contributed by atoms with Crippen LogP contribution in [-0.2, 0) is 67.7 Å². The third kappa shape index (κ3) is 19.1. The topological polar surface area (TPSA) is 124 Å². The van der Waals surface area contributed by atoms with Crippen molar-refractivity contribution in [1.29, 1.82) is 0 Å². The molecule has 0 heterocycles. The monoisotopic (exact) mass is 362 g/mol. The fraction of sp³-hybridized carbons (Fsp3) is 0. The Hall–Kier alpha value is 2.52. The molecule has 0 aromatic rings. The molecule has 0 aliphatic heterocycles. The Morgan fingerprint density at radius 1 is 0.909 bits per heavy atom. The van der Waals surface area contributed by atoms with Crippen LogP contribution in [0.4, 0.5) is 0 Å². The molecule has 0 atom stereocenters. The van der Waals surface area contributed by atoms with Crippen LogP contribution in [0.3, 0.4) is 0 Å². The third-order valence-electron chi connectivity index (χ3n) is 0.167. The first-order valence-corrected chi connectivity index (χ1v) is 5.50. The van der Waals surface area contributed by atoms with Gasteiger partial charge < -0.3 is 0 Å². The Labute approximate surface area is 125 Å². The van der Waals surface area contributed by atoms with Crippen LogP contribution >= 0.6 is 0 Å². The van der Waals surface area contributed by atoms with Crippen LogP contribution in [0, 0.1) is 0 Å². The van der Waals surface area contributed by atoms with Gasteiger partial charge in [0.2, 0.25) is 0 Å². The van der Waals surface area contributed by atoms with Crippen molar-refractivity contribution in [2.45, 2.75) is 0 Å². The van der Waals surface area contributed by atoms with Crippen molar-refractivity contribution < 1.29 is 127 Å². The third-order valence-corrected chi connectivity index (χ3v) is 2.83. The molecule has 11 heavy (non-hydrogen) atoms. The van der Waals surface area contributed by atoms with E-state index in [1.165, 1.54) is 0 Å². The molecule has 0 radical (unpaired) electrons. The second-order valence-electron chi connectivity index (χ2n) is 0.885. The standard InChI is InChI=1S/Ag.2Cr.K.7O/q+1;;;+1;;;;;;2*-1. The maximum absolute atomic E-state index is 9.38. The Kier molecular flexibility index (Phi) is 12.0. The van der Waals surface area contributed by atoms with Crippen LogP contribution in [0.2, 0.25) is 0 Å². The van der Waals surface area contributed by atoms with Gasteiger partial charge in [-0.15, -0.1) is 0 Å². The molecule has 66 valence electrons. The van der Waals surface area contributed by atoms with Crippen LogP contribution in [-0.4, -0.2) is 0 Å². The van der Waals surface area contributed by atoms with Gasteiger partial charge in [-0.25, -0.2) is 0 Å². The molecule has 0 aliphatic carbocycles. The van der Waals surface area contributed by atoms with Gasteiger partial charge in [0.1, 0.15) is 0 Å². The Balaban J connectivity index is -0.000000320. The molecule has 7 nitrogen and oxygen atoms in total. The van der Waals surface area contributed by atoms with E-state index in [1.807, 2.05) is 0 Å². The summed E-state index contributed by atoms with van der Waals surface area (Å²) < 4.78 is 58.9. The van der Waals surface area contributed by atoms with Crippen LogP contribution in [0.1, 0.15) is 0 Å². The summed E-state index contributed by atoms with van der Waals surface area (Å²) in [6.07, 6.45) is 0. The summed E-state index contributed by atoms with van der Waals surface area (Å²) in [4.78, 5) is 0. The van der Waals surface area contributed by atoms with E-state index in [4.69, 9.17) is 0 Å². The van der Waals surface area contributed by atoms with Crippen LogP contribution in [0.5, 0.6) is 0 Å². The number of hydrogen-bond donors (Lipinski definition) is 0. The van der Waals surface area contributed by atoms with Gasteiger partial charge in [-0.2, -0.15) is 0 Å². The van der Waals surface area contributed by atoms with Gasteiger partial charge in [-0.05, 0) is 0 Å².